The van der Waals surface area contributed by atoms with Crippen LogP contribution in [0.4, 0.5) is 13.2 Å². The molecule has 0 saturated heterocycles. The molecule has 0 N–H and O–H groups in total. The van der Waals surface area contributed by atoms with Crippen molar-refractivity contribution in [1.82, 2.24) is 0 Å². The van der Waals surface area contributed by atoms with Crippen molar-refractivity contribution >= 4 is 28.3 Å². The summed E-state index contributed by atoms with van der Waals surface area (Å²) in [5, 5.41) is 1.64. The van der Waals surface area contributed by atoms with Gasteiger partial charge >= 0.3 is 12.1 Å². The number of fused-ring (bicyclic) bond motifs is 1. The Hall–Kier alpha value is -3.39. The molecular formula is C21H11F3O4S. The maximum absolute atomic E-state index is 13.6. The molecule has 0 unspecified atom stereocenters. The standard InChI is InChI=1S/C21H11F3O4S/c22-21(23,24)19-17(12-5-2-1-3-6-12)18(25)14-9-8-13(11-15(14)28-19)27-20(26)16-7-4-10-29-16/h1-11H. The van der Waals surface area contributed by atoms with Crippen molar-refractivity contribution in [2.75, 3.05) is 0 Å². The van der Waals surface area contributed by atoms with Gasteiger partial charge in [0.05, 0.1) is 10.9 Å². The Morgan fingerprint density at radius 1 is 1.00 bits per heavy atom. The van der Waals surface area contributed by atoms with Crippen molar-refractivity contribution in [3.05, 3.63) is 86.9 Å². The first-order chi connectivity index (χ1) is 13.8. The number of hydrogen-bond acceptors (Lipinski definition) is 5. The average molecular weight is 416 g/mol. The fraction of sp³-hybridized carbons (Fsp3) is 0.0476. The lowest BCUT2D eigenvalue weighted by Crippen LogP contribution is -2.16. The monoisotopic (exact) mass is 416 g/mol. The second-order valence-corrected chi connectivity index (χ2v) is 6.97. The lowest BCUT2D eigenvalue weighted by molar-refractivity contribution is -0.152. The molecule has 0 radical (unpaired) electrons. The molecule has 0 amide bonds. The molecule has 0 saturated carbocycles. The zero-order valence-corrected chi connectivity index (χ0v) is 15.3. The summed E-state index contributed by atoms with van der Waals surface area (Å²) >= 11 is 1.16. The van der Waals surface area contributed by atoms with Crippen LogP contribution >= 0.6 is 11.3 Å². The van der Waals surface area contributed by atoms with Crippen LogP contribution in [0.5, 0.6) is 5.75 Å². The van der Waals surface area contributed by atoms with Gasteiger partial charge in [-0.1, -0.05) is 36.4 Å². The van der Waals surface area contributed by atoms with Crippen molar-refractivity contribution < 1.29 is 27.1 Å². The van der Waals surface area contributed by atoms with Crippen molar-refractivity contribution in [1.29, 1.82) is 0 Å². The summed E-state index contributed by atoms with van der Waals surface area (Å²) in [5.74, 6) is -2.08. The second kappa shape index (κ2) is 7.21. The molecule has 146 valence electrons. The van der Waals surface area contributed by atoms with Gasteiger partial charge in [0.15, 0.2) is 0 Å². The summed E-state index contributed by atoms with van der Waals surface area (Å²) in [6, 6.07) is 14.5. The topological polar surface area (TPSA) is 56.5 Å². The van der Waals surface area contributed by atoms with E-state index < -0.39 is 28.9 Å². The third-order valence-corrected chi connectivity index (χ3v) is 4.97. The van der Waals surface area contributed by atoms with Crippen molar-refractivity contribution in [3.8, 4) is 16.9 Å². The van der Waals surface area contributed by atoms with Crippen LogP contribution < -0.4 is 10.2 Å². The Bertz CT molecular complexity index is 1240. The number of rotatable bonds is 3. The molecule has 2 aromatic heterocycles. The van der Waals surface area contributed by atoms with Crippen molar-refractivity contribution in [2.24, 2.45) is 0 Å². The highest BCUT2D eigenvalue weighted by atomic mass is 32.1. The van der Waals surface area contributed by atoms with E-state index in [4.69, 9.17) is 9.15 Å². The third-order valence-electron chi connectivity index (χ3n) is 4.12. The summed E-state index contributed by atoms with van der Waals surface area (Å²) < 4.78 is 51.1. The van der Waals surface area contributed by atoms with Gasteiger partial charge in [0.25, 0.3) is 0 Å². The first-order valence-electron chi connectivity index (χ1n) is 8.34. The molecule has 0 fully saturated rings. The summed E-state index contributed by atoms with van der Waals surface area (Å²) in [6.07, 6.45) is -4.89. The number of carbonyl (C=O) groups excluding carboxylic acids is 1. The largest absolute Gasteiger partial charge is 0.450 e. The Morgan fingerprint density at radius 3 is 2.41 bits per heavy atom. The molecule has 0 aliphatic rings. The van der Waals surface area contributed by atoms with Gasteiger partial charge in [0, 0.05) is 6.07 Å². The number of hydrogen-bond donors (Lipinski definition) is 0. The van der Waals surface area contributed by atoms with Crippen LogP contribution in [0.15, 0.2) is 75.3 Å². The highest BCUT2D eigenvalue weighted by Gasteiger charge is 2.39. The minimum Gasteiger partial charge on any atom is -0.450 e. The third kappa shape index (κ3) is 3.66. The first-order valence-corrected chi connectivity index (χ1v) is 9.22. The second-order valence-electron chi connectivity index (χ2n) is 6.02. The van der Waals surface area contributed by atoms with Crippen LogP contribution in [0.3, 0.4) is 0 Å². The smallest absolute Gasteiger partial charge is 0.450 e. The van der Waals surface area contributed by atoms with Crippen LogP contribution in [0.2, 0.25) is 0 Å². The number of halogens is 3. The molecule has 2 heterocycles. The molecular weight excluding hydrogens is 405 g/mol. The fourth-order valence-electron chi connectivity index (χ4n) is 2.86. The first kappa shape index (κ1) is 18.9. The molecule has 0 spiro atoms. The van der Waals surface area contributed by atoms with E-state index in [-0.39, 0.29) is 22.3 Å². The number of esters is 1. The molecule has 0 bridgehead atoms. The van der Waals surface area contributed by atoms with Crippen LogP contribution in [0.1, 0.15) is 15.4 Å². The molecule has 4 nitrogen and oxygen atoms in total. The maximum Gasteiger partial charge on any atom is 0.450 e. The molecule has 8 heteroatoms. The van der Waals surface area contributed by atoms with E-state index in [1.54, 1.807) is 23.6 Å². The Morgan fingerprint density at radius 2 is 1.76 bits per heavy atom. The number of carbonyl (C=O) groups is 1. The van der Waals surface area contributed by atoms with Gasteiger partial charge < -0.3 is 9.15 Å². The fourth-order valence-corrected chi connectivity index (χ4v) is 3.45. The van der Waals surface area contributed by atoms with Crippen molar-refractivity contribution in [2.45, 2.75) is 6.18 Å². The van der Waals surface area contributed by atoms with Gasteiger partial charge in [0.2, 0.25) is 11.2 Å². The Labute approximate surface area is 165 Å². The van der Waals surface area contributed by atoms with E-state index in [1.165, 1.54) is 36.4 Å². The van der Waals surface area contributed by atoms with E-state index in [2.05, 4.69) is 0 Å². The number of benzene rings is 2. The molecule has 0 atom stereocenters. The highest BCUT2D eigenvalue weighted by Crippen LogP contribution is 2.37. The normalized spacial score (nSPS) is 11.6. The van der Waals surface area contributed by atoms with Gasteiger partial charge in [0.1, 0.15) is 16.2 Å². The lowest BCUT2D eigenvalue weighted by atomic mass is 10.0. The zero-order valence-electron chi connectivity index (χ0n) is 14.5. The highest BCUT2D eigenvalue weighted by molar-refractivity contribution is 7.12. The summed E-state index contributed by atoms with van der Waals surface area (Å²) in [7, 11) is 0. The average Bonchev–Trinajstić information content (AvgIpc) is 3.23. The van der Waals surface area contributed by atoms with E-state index in [0.29, 0.717) is 4.88 Å². The quantitative estimate of drug-likeness (QED) is 0.315. The molecule has 0 aliphatic heterocycles. The van der Waals surface area contributed by atoms with Gasteiger partial charge in [-0.15, -0.1) is 11.3 Å². The van der Waals surface area contributed by atoms with Gasteiger partial charge in [-0.2, -0.15) is 13.2 Å². The van der Waals surface area contributed by atoms with E-state index in [9.17, 15) is 22.8 Å². The Kier molecular flexibility index (Phi) is 4.71. The molecule has 0 aliphatic carbocycles. The van der Waals surface area contributed by atoms with Crippen molar-refractivity contribution in [3.63, 3.8) is 0 Å². The van der Waals surface area contributed by atoms with Crippen LogP contribution in [-0.4, -0.2) is 5.97 Å². The predicted octanol–water partition coefficient (Wildman–Crippen LogP) is 5.76. The van der Waals surface area contributed by atoms with Gasteiger partial charge in [-0.3, -0.25) is 4.79 Å². The lowest BCUT2D eigenvalue weighted by Gasteiger charge is -2.13. The van der Waals surface area contributed by atoms with Gasteiger partial charge in [-0.05, 0) is 29.1 Å². The van der Waals surface area contributed by atoms with E-state index >= 15 is 0 Å². The van der Waals surface area contributed by atoms with Crippen LogP contribution in [-0.2, 0) is 6.18 Å². The number of ether oxygens (including phenoxy) is 1. The minimum atomic E-state index is -4.89. The zero-order chi connectivity index (χ0) is 20.6. The SMILES string of the molecule is O=C(Oc1ccc2c(=O)c(-c3ccccc3)c(C(F)(F)F)oc2c1)c1cccs1. The molecule has 29 heavy (non-hydrogen) atoms. The van der Waals surface area contributed by atoms with Crippen LogP contribution in [0, 0.1) is 0 Å². The number of thiophene rings is 1. The molecule has 4 rings (SSSR count). The van der Waals surface area contributed by atoms with E-state index in [0.717, 1.165) is 17.4 Å². The molecule has 2 aromatic carbocycles. The van der Waals surface area contributed by atoms with E-state index in [1.807, 2.05) is 0 Å². The van der Waals surface area contributed by atoms with Gasteiger partial charge in [-0.25, -0.2) is 4.79 Å². The molecule has 4 aromatic rings. The maximum atomic E-state index is 13.6. The minimum absolute atomic E-state index is 0.0281. The summed E-state index contributed by atoms with van der Waals surface area (Å²) in [5.41, 5.74) is -1.60. The summed E-state index contributed by atoms with van der Waals surface area (Å²) in [6.45, 7) is 0. The van der Waals surface area contributed by atoms with Crippen LogP contribution in [0.25, 0.3) is 22.1 Å². The Balaban J connectivity index is 1.86. The predicted molar refractivity (Wildman–Crippen MR) is 102 cm³/mol. The summed E-state index contributed by atoms with van der Waals surface area (Å²) in [4.78, 5) is 25.2. The number of alkyl halides is 3.